The lowest BCUT2D eigenvalue weighted by Crippen LogP contribution is -2.36. The third-order valence-corrected chi connectivity index (χ3v) is 4.01. The number of carbonyl (C=O) groups is 1. The predicted octanol–water partition coefficient (Wildman–Crippen LogP) is 4.07. The van der Waals surface area contributed by atoms with Crippen molar-refractivity contribution in [2.45, 2.75) is 17.5 Å². The molecule has 0 radical (unpaired) electrons. The van der Waals surface area contributed by atoms with Crippen molar-refractivity contribution in [1.29, 1.82) is 0 Å². The zero-order valence-electron chi connectivity index (χ0n) is 10.2. The van der Waals surface area contributed by atoms with Gasteiger partial charge in [-0.3, -0.25) is 4.79 Å². The van der Waals surface area contributed by atoms with Crippen LogP contribution in [0.1, 0.15) is 16.8 Å². The lowest BCUT2D eigenvalue weighted by molar-refractivity contribution is -0.0957. The van der Waals surface area contributed by atoms with Crippen molar-refractivity contribution in [3.63, 3.8) is 0 Å². The molecule has 1 amide bonds. The number of hydrogen-bond acceptors (Lipinski definition) is 2. The van der Waals surface area contributed by atoms with Crippen LogP contribution in [0.3, 0.4) is 0 Å². The van der Waals surface area contributed by atoms with Crippen LogP contribution in [-0.2, 0) is 0 Å². The lowest BCUT2D eigenvalue weighted by atomic mass is 10.1. The number of alkyl halides is 3. The number of carbonyl (C=O) groups excluding carboxylic acids is 1. The zero-order valence-corrected chi connectivity index (χ0v) is 12.7. The summed E-state index contributed by atoms with van der Waals surface area (Å²) in [6.45, 7) is 0.0321. The zero-order chi connectivity index (χ0) is 14.9. The smallest absolute Gasteiger partial charge is 0.335 e. The van der Waals surface area contributed by atoms with E-state index in [2.05, 4.69) is 28.6 Å². The molecule has 1 aromatic carbocycles. The number of halogens is 4. The highest BCUT2D eigenvalue weighted by Crippen LogP contribution is 2.31. The summed E-state index contributed by atoms with van der Waals surface area (Å²) in [5.41, 5.74) is -0.162. The fraction of sp³-hybridized carbons (Fsp3) is 0.308. The molecule has 20 heavy (non-hydrogen) atoms. The van der Waals surface area contributed by atoms with Gasteiger partial charge in [0.15, 0.2) is 0 Å². The Morgan fingerprint density at radius 3 is 2.60 bits per heavy atom. The Morgan fingerprint density at radius 1 is 1.35 bits per heavy atom. The van der Waals surface area contributed by atoms with E-state index in [4.69, 9.17) is 0 Å². The van der Waals surface area contributed by atoms with E-state index in [1.807, 2.05) is 0 Å². The van der Waals surface area contributed by atoms with Gasteiger partial charge in [0.1, 0.15) is 0 Å². The van der Waals surface area contributed by atoms with E-state index >= 15 is 0 Å². The summed E-state index contributed by atoms with van der Waals surface area (Å²) >= 11 is 7.42. The standard InChI is InChI=1S/C13H11BrF3NOS/c14-11-2-1-9(20)7-10(11)12(19)18-5-3-8(4-6-18)13(15,16)17/h1-3,7,20H,4-6H2. The molecule has 1 aromatic rings. The first-order chi connectivity index (χ1) is 9.29. The van der Waals surface area contributed by atoms with E-state index in [0.29, 0.717) is 14.9 Å². The van der Waals surface area contributed by atoms with Gasteiger partial charge < -0.3 is 4.90 Å². The number of hydrogen-bond donors (Lipinski definition) is 1. The summed E-state index contributed by atoms with van der Waals surface area (Å²) in [7, 11) is 0. The maximum Gasteiger partial charge on any atom is 0.412 e. The molecule has 0 spiro atoms. The fourth-order valence-corrected chi connectivity index (χ4v) is 2.58. The maximum absolute atomic E-state index is 12.5. The maximum atomic E-state index is 12.5. The number of benzene rings is 1. The van der Waals surface area contributed by atoms with Gasteiger partial charge in [-0.2, -0.15) is 13.2 Å². The van der Waals surface area contributed by atoms with Gasteiger partial charge >= 0.3 is 6.18 Å². The predicted molar refractivity (Wildman–Crippen MR) is 76.1 cm³/mol. The first-order valence-corrected chi connectivity index (χ1v) is 7.07. The summed E-state index contributed by atoms with van der Waals surface area (Å²) < 4.78 is 38.2. The average molecular weight is 366 g/mol. The van der Waals surface area contributed by atoms with Crippen molar-refractivity contribution in [2.75, 3.05) is 13.1 Å². The molecule has 0 saturated carbocycles. The molecule has 1 aliphatic rings. The minimum Gasteiger partial charge on any atom is -0.335 e. The number of nitrogens with zero attached hydrogens (tertiary/aromatic N) is 1. The van der Waals surface area contributed by atoms with Gasteiger partial charge in [0, 0.05) is 28.0 Å². The Labute approximate surface area is 128 Å². The quantitative estimate of drug-likeness (QED) is 0.587. The second-order valence-electron chi connectivity index (χ2n) is 4.39. The Morgan fingerprint density at radius 2 is 2.05 bits per heavy atom. The molecule has 1 heterocycles. The van der Waals surface area contributed by atoms with Gasteiger partial charge in [-0.05, 0) is 40.5 Å². The molecule has 0 N–H and O–H groups in total. The molecule has 0 aliphatic carbocycles. The van der Waals surface area contributed by atoms with Crippen LogP contribution in [0.15, 0.2) is 39.2 Å². The van der Waals surface area contributed by atoms with E-state index < -0.39 is 11.7 Å². The van der Waals surface area contributed by atoms with Crippen LogP contribution in [0.2, 0.25) is 0 Å². The van der Waals surface area contributed by atoms with Crippen LogP contribution >= 0.6 is 28.6 Å². The molecule has 108 valence electrons. The van der Waals surface area contributed by atoms with Crippen LogP contribution < -0.4 is 0 Å². The summed E-state index contributed by atoms with van der Waals surface area (Å²) in [4.78, 5) is 14.3. The number of thiol groups is 1. The summed E-state index contributed by atoms with van der Waals surface area (Å²) in [6.07, 6.45) is -3.41. The van der Waals surface area contributed by atoms with E-state index in [1.165, 1.54) is 4.90 Å². The molecule has 0 atom stereocenters. The van der Waals surface area contributed by atoms with Crippen LogP contribution in [0.5, 0.6) is 0 Å². The van der Waals surface area contributed by atoms with Crippen molar-refractivity contribution in [1.82, 2.24) is 4.90 Å². The molecule has 0 bridgehead atoms. The highest BCUT2D eigenvalue weighted by molar-refractivity contribution is 9.10. The van der Waals surface area contributed by atoms with Gasteiger partial charge in [-0.25, -0.2) is 0 Å². The van der Waals surface area contributed by atoms with E-state index in [0.717, 1.165) is 6.08 Å². The Bertz CT molecular complexity index is 571. The van der Waals surface area contributed by atoms with Crippen molar-refractivity contribution >= 4 is 34.5 Å². The molecule has 0 unspecified atom stereocenters. The van der Waals surface area contributed by atoms with Crippen molar-refractivity contribution < 1.29 is 18.0 Å². The lowest BCUT2D eigenvalue weighted by Gasteiger charge is -2.27. The van der Waals surface area contributed by atoms with Crippen molar-refractivity contribution in [2.24, 2.45) is 0 Å². The molecule has 2 nitrogen and oxygen atoms in total. The molecule has 2 rings (SSSR count). The molecule has 0 saturated heterocycles. The fourth-order valence-electron chi connectivity index (χ4n) is 1.96. The second kappa shape index (κ2) is 5.81. The van der Waals surface area contributed by atoms with Crippen LogP contribution in [0.25, 0.3) is 0 Å². The SMILES string of the molecule is O=C(c1cc(S)ccc1Br)N1CC=C(C(F)(F)F)CC1. The minimum absolute atomic E-state index is 0.0308. The monoisotopic (exact) mass is 365 g/mol. The first kappa shape index (κ1) is 15.4. The summed E-state index contributed by atoms with van der Waals surface area (Å²) in [6, 6.07) is 5.01. The van der Waals surface area contributed by atoms with Gasteiger partial charge in [0.05, 0.1) is 5.56 Å². The van der Waals surface area contributed by atoms with E-state index in [-0.39, 0.29) is 25.4 Å². The molecule has 0 fully saturated rings. The molecular formula is C13H11BrF3NOS. The Kier molecular flexibility index (Phi) is 4.49. The molecule has 7 heteroatoms. The number of rotatable bonds is 1. The highest BCUT2D eigenvalue weighted by Gasteiger charge is 2.35. The summed E-state index contributed by atoms with van der Waals surface area (Å²) in [5, 5.41) is 0. The number of amides is 1. The van der Waals surface area contributed by atoms with Gasteiger partial charge in [0.2, 0.25) is 0 Å². The topological polar surface area (TPSA) is 20.3 Å². The van der Waals surface area contributed by atoms with Crippen molar-refractivity contribution in [3.05, 3.63) is 39.9 Å². The summed E-state index contributed by atoms with van der Waals surface area (Å²) in [5.74, 6) is -0.301. The molecule has 1 aliphatic heterocycles. The minimum atomic E-state index is -4.30. The van der Waals surface area contributed by atoms with E-state index in [9.17, 15) is 18.0 Å². The van der Waals surface area contributed by atoms with Gasteiger partial charge in [-0.1, -0.05) is 6.08 Å². The van der Waals surface area contributed by atoms with Gasteiger partial charge in [-0.15, -0.1) is 12.6 Å². The average Bonchev–Trinajstić information content (AvgIpc) is 2.40. The Hall–Kier alpha value is -0.950. The largest absolute Gasteiger partial charge is 0.412 e. The van der Waals surface area contributed by atoms with Crippen molar-refractivity contribution in [3.8, 4) is 0 Å². The third-order valence-electron chi connectivity index (χ3n) is 3.04. The second-order valence-corrected chi connectivity index (χ2v) is 5.76. The van der Waals surface area contributed by atoms with Crippen LogP contribution in [-0.4, -0.2) is 30.1 Å². The van der Waals surface area contributed by atoms with Gasteiger partial charge in [0.25, 0.3) is 5.91 Å². The normalized spacial score (nSPS) is 16.1. The molecule has 0 aromatic heterocycles. The van der Waals surface area contributed by atoms with Crippen LogP contribution in [0, 0.1) is 0 Å². The van der Waals surface area contributed by atoms with Crippen LogP contribution in [0.4, 0.5) is 13.2 Å². The third kappa shape index (κ3) is 3.38. The molecular weight excluding hydrogens is 355 g/mol. The Balaban J connectivity index is 2.17. The first-order valence-electron chi connectivity index (χ1n) is 5.83. The highest BCUT2D eigenvalue weighted by atomic mass is 79.9. The van der Waals surface area contributed by atoms with E-state index in [1.54, 1.807) is 18.2 Å².